The van der Waals surface area contributed by atoms with Crippen molar-refractivity contribution in [2.45, 2.75) is 46.4 Å². The fraction of sp³-hybridized carbons (Fsp3) is 0.643. The van der Waals surface area contributed by atoms with E-state index in [1.165, 1.54) is 0 Å². The zero-order valence-corrected chi connectivity index (χ0v) is 12.0. The molecule has 0 spiro atoms. The van der Waals surface area contributed by atoms with Crippen LogP contribution >= 0.6 is 0 Å². The van der Waals surface area contributed by atoms with Gasteiger partial charge < -0.3 is 14.8 Å². The summed E-state index contributed by atoms with van der Waals surface area (Å²) in [5, 5.41) is 3.36. The van der Waals surface area contributed by atoms with Crippen LogP contribution in [0.5, 0.6) is 5.75 Å². The van der Waals surface area contributed by atoms with Crippen LogP contribution in [0, 0.1) is 6.92 Å². The van der Waals surface area contributed by atoms with Gasteiger partial charge in [-0.15, -0.1) is 0 Å². The average molecular weight is 252 g/mol. The second-order valence-corrected chi connectivity index (χ2v) is 4.82. The normalized spacial score (nSPS) is 12.8. The zero-order valence-electron chi connectivity index (χ0n) is 12.0. The van der Waals surface area contributed by atoms with Gasteiger partial charge in [-0.2, -0.15) is 0 Å². The van der Waals surface area contributed by atoms with Crippen molar-refractivity contribution in [2.24, 2.45) is 0 Å². The van der Waals surface area contributed by atoms with Gasteiger partial charge in [-0.1, -0.05) is 13.8 Å². The van der Waals surface area contributed by atoms with Crippen LogP contribution in [0.25, 0.3) is 0 Å². The minimum atomic E-state index is 0.0253. The van der Waals surface area contributed by atoms with E-state index in [9.17, 15) is 0 Å². The molecule has 1 unspecified atom stereocenters. The van der Waals surface area contributed by atoms with Crippen molar-refractivity contribution in [2.75, 3.05) is 13.7 Å². The Morgan fingerprint density at radius 2 is 2.00 bits per heavy atom. The molecule has 0 aromatic carbocycles. The van der Waals surface area contributed by atoms with Gasteiger partial charge in [0.05, 0.1) is 12.3 Å². The van der Waals surface area contributed by atoms with Crippen molar-refractivity contribution in [1.82, 2.24) is 10.3 Å². The van der Waals surface area contributed by atoms with Gasteiger partial charge in [-0.25, -0.2) is 0 Å². The Balaban J connectivity index is 2.75. The summed E-state index contributed by atoms with van der Waals surface area (Å²) in [6, 6.07) is 4.37. The minimum absolute atomic E-state index is 0.0253. The molecule has 1 rings (SSSR count). The third-order valence-corrected chi connectivity index (χ3v) is 2.48. The van der Waals surface area contributed by atoms with Gasteiger partial charge in [0.2, 0.25) is 0 Å². The van der Waals surface area contributed by atoms with Crippen LogP contribution in [-0.2, 0) is 11.3 Å². The molecule has 0 bridgehead atoms. The average Bonchev–Trinajstić information content (AvgIpc) is 2.29. The van der Waals surface area contributed by atoms with Crippen LogP contribution in [0.15, 0.2) is 12.1 Å². The van der Waals surface area contributed by atoms with E-state index in [1.807, 2.05) is 26.0 Å². The number of hydrogen-bond donors (Lipinski definition) is 1. The molecule has 1 heterocycles. The maximum absolute atomic E-state index is 5.85. The Morgan fingerprint density at radius 3 is 2.61 bits per heavy atom. The number of ether oxygens (including phenoxy) is 2. The Morgan fingerprint density at radius 1 is 1.28 bits per heavy atom. The number of rotatable bonds is 7. The van der Waals surface area contributed by atoms with Crippen molar-refractivity contribution in [1.29, 1.82) is 0 Å². The predicted molar refractivity (Wildman–Crippen MR) is 72.9 cm³/mol. The summed E-state index contributed by atoms with van der Waals surface area (Å²) in [6.45, 7) is 9.50. The number of pyridine rings is 1. The number of aryl methyl sites for hydroxylation is 1. The van der Waals surface area contributed by atoms with Crippen molar-refractivity contribution in [3.05, 3.63) is 23.5 Å². The first-order chi connectivity index (χ1) is 8.52. The van der Waals surface area contributed by atoms with E-state index in [-0.39, 0.29) is 6.10 Å². The lowest BCUT2D eigenvalue weighted by molar-refractivity contribution is 0.0909. The number of nitrogens with zero attached hydrogens (tertiary/aromatic N) is 1. The van der Waals surface area contributed by atoms with E-state index in [0.29, 0.717) is 19.2 Å². The maximum atomic E-state index is 5.85. The maximum Gasteiger partial charge on any atom is 0.142 e. The first-order valence-corrected chi connectivity index (χ1v) is 6.38. The highest BCUT2D eigenvalue weighted by Crippen LogP contribution is 2.18. The van der Waals surface area contributed by atoms with Crippen LogP contribution in [-0.4, -0.2) is 30.8 Å². The molecule has 0 fully saturated rings. The van der Waals surface area contributed by atoms with Crippen molar-refractivity contribution in [3.63, 3.8) is 0 Å². The van der Waals surface area contributed by atoms with E-state index < -0.39 is 0 Å². The summed E-state index contributed by atoms with van der Waals surface area (Å²) in [5.41, 5.74) is 1.95. The standard InChI is InChI=1S/C14H24N2O2/c1-10(2)15-8-13-14(7-6-11(3)16-13)18-12(4)9-17-5/h6-7,10,12,15H,8-9H2,1-5H3. The molecule has 0 aliphatic rings. The highest BCUT2D eigenvalue weighted by Gasteiger charge is 2.10. The summed E-state index contributed by atoms with van der Waals surface area (Å²) in [5.74, 6) is 0.832. The Labute approximate surface area is 110 Å². The second-order valence-electron chi connectivity index (χ2n) is 4.82. The molecule has 4 nitrogen and oxygen atoms in total. The third-order valence-electron chi connectivity index (χ3n) is 2.48. The molecule has 1 N–H and O–H groups in total. The lowest BCUT2D eigenvalue weighted by Crippen LogP contribution is -2.24. The monoisotopic (exact) mass is 252 g/mol. The molecule has 4 heteroatoms. The van der Waals surface area contributed by atoms with Crippen molar-refractivity contribution >= 4 is 0 Å². The van der Waals surface area contributed by atoms with Crippen LogP contribution < -0.4 is 10.1 Å². The number of hydrogen-bond acceptors (Lipinski definition) is 4. The molecule has 1 atom stereocenters. The summed E-state index contributed by atoms with van der Waals surface area (Å²) in [4.78, 5) is 4.53. The fourth-order valence-corrected chi connectivity index (χ4v) is 1.62. The van der Waals surface area contributed by atoms with Crippen molar-refractivity contribution < 1.29 is 9.47 Å². The van der Waals surface area contributed by atoms with E-state index in [0.717, 1.165) is 17.1 Å². The lowest BCUT2D eigenvalue weighted by atomic mass is 10.2. The number of nitrogens with one attached hydrogen (secondary N) is 1. The first-order valence-electron chi connectivity index (χ1n) is 6.38. The van der Waals surface area contributed by atoms with Gasteiger partial charge in [-0.3, -0.25) is 4.98 Å². The quantitative estimate of drug-likeness (QED) is 0.808. The lowest BCUT2D eigenvalue weighted by Gasteiger charge is -2.17. The Bertz CT molecular complexity index is 367. The Kier molecular flexibility index (Phi) is 6.09. The van der Waals surface area contributed by atoms with Gasteiger partial charge in [0.1, 0.15) is 11.9 Å². The minimum Gasteiger partial charge on any atom is -0.486 e. The molecule has 0 saturated carbocycles. The molecule has 0 aliphatic carbocycles. The molecule has 0 amide bonds. The molecule has 1 aromatic rings. The van der Waals surface area contributed by atoms with Crippen molar-refractivity contribution in [3.8, 4) is 5.75 Å². The molecule has 102 valence electrons. The topological polar surface area (TPSA) is 43.4 Å². The van der Waals surface area contributed by atoms with E-state index in [1.54, 1.807) is 7.11 Å². The summed E-state index contributed by atoms with van der Waals surface area (Å²) in [6.07, 6.45) is 0.0253. The molecule has 0 aliphatic heterocycles. The Hall–Kier alpha value is -1.13. The summed E-state index contributed by atoms with van der Waals surface area (Å²) in [7, 11) is 1.68. The summed E-state index contributed by atoms with van der Waals surface area (Å²) < 4.78 is 10.9. The fourth-order valence-electron chi connectivity index (χ4n) is 1.62. The van der Waals surface area contributed by atoms with Crippen LogP contribution in [0.4, 0.5) is 0 Å². The van der Waals surface area contributed by atoms with Crippen LogP contribution in [0.3, 0.4) is 0 Å². The first kappa shape index (κ1) is 14.9. The van der Waals surface area contributed by atoms with Crippen LogP contribution in [0.2, 0.25) is 0 Å². The SMILES string of the molecule is COCC(C)Oc1ccc(C)nc1CNC(C)C. The molecule has 0 saturated heterocycles. The molecular formula is C14H24N2O2. The number of methoxy groups -OCH3 is 1. The summed E-state index contributed by atoms with van der Waals surface area (Å²) >= 11 is 0. The largest absolute Gasteiger partial charge is 0.486 e. The molecular weight excluding hydrogens is 228 g/mol. The van der Waals surface area contributed by atoms with Crippen LogP contribution in [0.1, 0.15) is 32.2 Å². The third kappa shape index (κ3) is 5.02. The molecule has 18 heavy (non-hydrogen) atoms. The van der Waals surface area contributed by atoms with Gasteiger partial charge >= 0.3 is 0 Å². The van der Waals surface area contributed by atoms with E-state index in [4.69, 9.17) is 9.47 Å². The van der Waals surface area contributed by atoms with Gasteiger partial charge in [0, 0.05) is 25.4 Å². The van der Waals surface area contributed by atoms with Gasteiger partial charge in [0.15, 0.2) is 0 Å². The second kappa shape index (κ2) is 7.34. The van der Waals surface area contributed by atoms with Gasteiger partial charge in [0.25, 0.3) is 0 Å². The highest BCUT2D eigenvalue weighted by molar-refractivity contribution is 5.29. The number of aromatic nitrogens is 1. The van der Waals surface area contributed by atoms with E-state index in [2.05, 4.69) is 24.1 Å². The van der Waals surface area contributed by atoms with Gasteiger partial charge in [-0.05, 0) is 26.0 Å². The predicted octanol–water partition coefficient (Wildman–Crippen LogP) is 2.30. The van der Waals surface area contributed by atoms with E-state index >= 15 is 0 Å². The molecule has 1 aromatic heterocycles. The molecule has 0 radical (unpaired) electrons. The zero-order chi connectivity index (χ0) is 13.5. The highest BCUT2D eigenvalue weighted by atomic mass is 16.5. The smallest absolute Gasteiger partial charge is 0.142 e.